The number of hydrogen-bond acceptors (Lipinski definition) is 4. The molecule has 1 saturated heterocycles. The van der Waals surface area contributed by atoms with Gasteiger partial charge in [-0.2, -0.15) is 0 Å². The molecule has 1 heterocycles. The predicted octanol–water partition coefficient (Wildman–Crippen LogP) is 3.24. The van der Waals surface area contributed by atoms with Crippen LogP contribution in [-0.4, -0.2) is 39.3 Å². The summed E-state index contributed by atoms with van der Waals surface area (Å²) in [5.74, 6) is -3.15. The van der Waals surface area contributed by atoms with Gasteiger partial charge >= 0.3 is 5.97 Å². The minimum absolute atomic E-state index is 0.107. The van der Waals surface area contributed by atoms with Crippen LogP contribution >= 0.6 is 11.6 Å². The maximum absolute atomic E-state index is 12.7. The molecular weight excluding hydrogens is 370 g/mol. The molecule has 1 aliphatic rings. The number of Topliss-reactive ketones (excluding diaryl/α,β-unsaturated/α-hetero) is 1. The third-order valence-electron chi connectivity index (χ3n) is 4.35. The number of aliphatic carboxylic acids is 1. The summed E-state index contributed by atoms with van der Waals surface area (Å²) < 4.78 is 0. The molecule has 27 heavy (non-hydrogen) atoms. The number of carbonyl (C=O) groups is 3. The molecule has 1 amide bonds. The van der Waals surface area contributed by atoms with Crippen molar-refractivity contribution in [2.24, 2.45) is 0 Å². The normalized spacial score (nSPS) is 18.7. The van der Waals surface area contributed by atoms with Crippen LogP contribution in [0, 0.1) is 0 Å². The molecule has 2 N–H and O–H groups in total. The van der Waals surface area contributed by atoms with E-state index in [0.717, 1.165) is 4.90 Å². The Balaban J connectivity index is 2.18. The molecule has 0 saturated carbocycles. The first-order valence-electron chi connectivity index (χ1n) is 8.22. The molecule has 3 rings (SSSR count). The quantitative estimate of drug-likeness (QED) is 0.468. The number of halogens is 1. The van der Waals surface area contributed by atoms with Crippen LogP contribution in [0.15, 0.2) is 60.2 Å². The zero-order valence-electron chi connectivity index (χ0n) is 14.1. The highest BCUT2D eigenvalue weighted by Gasteiger charge is 2.46. The Morgan fingerprint density at radius 1 is 1.00 bits per heavy atom. The molecule has 0 radical (unpaired) electrons. The summed E-state index contributed by atoms with van der Waals surface area (Å²) in [6.07, 6.45) is -0.334. The lowest BCUT2D eigenvalue weighted by Gasteiger charge is -2.25. The average Bonchev–Trinajstić information content (AvgIpc) is 2.91. The van der Waals surface area contributed by atoms with E-state index in [1.807, 2.05) is 0 Å². The van der Waals surface area contributed by atoms with E-state index in [0.29, 0.717) is 16.1 Å². The number of amides is 1. The molecule has 1 atom stereocenters. The van der Waals surface area contributed by atoms with E-state index in [1.54, 1.807) is 54.6 Å². The van der Waals surface area contributed by atoms with Gasteiger partial charge in [0.25, 0.3) is 11.7 Å². The van der Waals surface area contributed by atoms with Crippen LogP contribution in [-0.2, 0) is 14.4 Å². The summed E-state index contributed by atoms with van der Waals surface area (Å²) >= 11 is 6.27. The van der Waals surface area contributed by atoms with Crippen LogP contribution in [0.1, 0.15) is 23.6 Å². The van der Waals surface area contributed by atoms with Crippen molar-refractivity contribution in [1.82, 2.24) is 4.90 Å². The van der Waals surface area contributed by atoms with Gasteiger partial charge in [-0.1, -0.05) is 60.1 Å². The second-order valence-electron chi connectivity index (χ2n) is 6.02. The molecule has 0 bridgehead atoms. The zero-order chi connectivity index (χ0) is 19.6. The van der Waals surface area contributed by atoms with Crippen LogP contribution in [0.5, 0.6) is 0 Å². The number of likely N-dealkylation sites (tertiary alicyclic amines) is 1. The van der Waals surface area contributed by atoms with Crippen molar-refractivity contribution >= 4 is 35.0 Å². The van der Waals surface area contributed by atoms with E-state index >= 15 is 0 Å². The summed E-state index contributed by atoms with van der Waals surface area (Å²) in [6, 6.07) is 14.1. The fourth-order valence-corrected chi connectivity index (χ4v) is 3.34. The van der Waals surface area contributed by atoms with Crippen molar-refractivity contribution in [2.75, 3.05) is 6.54 Å². The number of benzene rings is 2. The molecule has 1 unspecified atom stereocenters. The summed E-state index contributed by atoms with van der Waals surface area (Å²) in [4.78, 5) is 37.4. The summed E-state index contributed by atoms with van der Waals surface area (Å²) in [6.45, 7) is -0.179. The fraction of sp³-hybridized carbons (Fsp3) is 0.150. The maximum atomic E-state index is 12.7. The molecule has 2 aromatic rings. The van der Waals surface area contributed by atoms with E-state index in [2.05, 4.69) is 0 Å². The van der Waals surface area contributed by atoms with Gasteiger partial charge in [-0.05, 0) is 11.6 Å². The summed E-state index contributed by atoms with van der Waals surface area (Å²) in [7, 11) is 0. The topological polar surface area (TPSA) is 94.9 Å². The molecule has 138 valence electrons. The number of ketones is 1. The van der Waals surface area contributed by atoms with Crippen molar-refractivity contribution in [3.8, 4) is 0 Å². The van der Waals surface area contributed by atoms with Gasteiger partial charge in [-0.3, -0.25) is 14.4 Å². The number of hydrogen-bond donors (Lipinski definition) is 2. The molecule has 1 fully saturated rings. The Labute approximate surface area is 160 Å². The van der Waals surface area contributed by atoms with Gasteiger partial charge in [0.2, 0.25) is 0 Å². The van der Waals surface area contributed by atoms with E-state index in [1.165, 1.54) is 0 Å². The predicted molar refractivity (Wildman–Crippen MR) is 99.2 cm³/mol. The third kappa shape index (κ3) is 3.57. The standard InChI is InChI=1S/C20H16ClNO5/c21-14-9-5-4-8-13(14)17-16(18(25)12-6-2-1-3-7-12)19(26)20(27)22(17)11-10-15(23)24/h1-9,17,25H,10-11H2,(H,23,24)/b18-16+. The lowest BCUT2D eigenvalue weighted by molar-refractivity contribution is -0.142. The lowest BCUT2D eigenvalue weighted by Crippen LogP contribution is -2.32. The number of aliphatic hydroxyl groups is 1. The third-order valence-corrected chi connectivity index (χ3v) is 4.70. The van der Waals surface area contributed by atoms with Crippen LogP contribution in [0.4, 0.5) is 0 Å². The molecule has 2 aromatic carbocycles. The van der Waals surface area contributed by atoms with E-state index in [-0.39, 0.29) is 24.3 Å². The Kier molecular flexibility index (Phi) is 5.28. The van der Waals surface area contributed by atoms with Crippen LogP contribution in [0.3, 0.4) is 0 Å². The summed E-state index contributed by atoms with van der Waals surface area (Å²) in [5.41, 5.74) is 0.719. The second kappa shape index (κ2) is 7.63. The molecule has 1 aliphatic heterocycles. The number of carboxylic acids is 1. The molecule has 0 spiro atoms. The van der Waals surface area contributed by atoms with Crippen molar-refractivity contribution in [3.63, 3.8) is 0 Å². The van der Waals surface area contributed by atoms with Gasteiger partial charge in [-0.25, -0.2) is 0 Å². The fourth-order valence-electron chi connectivity index (χ4n) is 3.10. The van der Waals surface area contributed by atoms with Crippen LogP contribution in [0.2, 0.25) is 5.02 Å². The van der Waals surface area contributed by atoms with Crippen LogP contribution < -0.4 is 0 Å². The molecular formula is C20H16ClNO5. The molecule has 0 aromatic heterocycles. The first-order valence-corrected chi connectivity index (χ1v) is 8.59. The second-order valence-corrected chi connectivity index (χ2v) is 6.43. The maximum Gasteiger partial charge on any atom is 0.305 e. The van der Waals surface area contributed by atoms with Gasteiger partial charge in [0, 0.05) is 17.1 Å². The SMILES string of the molecule is O=C(O)CCN1C(=O)C(=O)/C(=C(/O)c2ccccc2)C1c1ccccc1Cl. The molecule has 6 nitrogen and oxygen atoms in total. The van der Waals surface area contributed by atoms with E-state index in [4.69, 9.17) is 16.7 Å². The Morgan fingerprint density at radius 3 is 2.26 bits per heavy atom. The monoisotopic (exact) mass is 385 g/mol. The average molecular weight is 386 g/mol. The largest absolute Gasteiger partial charge is 0.507 e. The first kappa shape index (κ1) is 18.7. The number of carbonyl (C=O) groups excluding carboxylic acids is 2. The minimum atomic E-state index is -1.10. The Hall–Kier alpha value is -3.12. The van der Waals surface area contributed by atoms with Gasteiger partial charge in [-0.15, -0.1) is 0 Å². The minimum Gasteiger partial charge on any atom is -0.507 e. The van der Waals surface area contributed by atoms with Gasteiger partial charge in [0.05, 0.1) is 18.0 Å². The van der Waals surface area contributed by atoms with Gasteiger partial charge in [0.15, 0.2) is 0 Å². The van der Waals surface area contributed by atoms with E-state index in [9.17, 15) is 19.5 Å². The molecule has 7 heteroatoms. The Bertz CT molecular complexity index is 938. The van der Waals surface area contributed by atoms with Gasteiger partial charge in [0.1, 0.15) is 5.76 Å². The zero-order valence-corrected chi connectivity index (χ0v) is 14.9. The smallest absolute Gasteiger partial charge is 0.305 e. The van der Waals surface area contributed by atoms with Gasteiger partial charge < -0.3 is 15.1 Å². The highest BCUT2D eigenvalue weighted by Crippen LogP contribution is 2.41. The lowest BCUT2D eigenvalue weighted by atomic mass is 9.95. The Morgan fingerprint density at radius 2 is 1.63 bits per heavy atom. The van der Waals surface area contributed by atoms with Crippen molar-refractivity contribution < 1.29 is 24.6 Å². The first-order chi connectivity index (χ1) is 12.9. The van der Waals surface area contributed by atoms with Crippen LogP contribution in [0.25, 0.3) is 5.76 Å². The van der Waals surface area contributed by atoms with Crippen molar-refractivity contribution in [2.45, 2.75) is 12.5 Å². The number of aliphatic hydroxyl groups excluding tert-OH is 1. The summed E-state index contributed by atoms with van der Waals surface area (Å²) in [5, 5.41) is 20.0. The molecule has 0 aliphatic carbocycles. The van der Waals surface area contributed by atoms with Crippen molar-refractivity contribution in [3.05, 3.63) is 76.3 Å². The number of nitrogens with zero attached hydrogens (tertiary/aromatic N) is 1. The van der Waals surface area contributed by atoms with E-state index < -0.39 is 23.7 Å². The van der Waals surface area contributed by atoms with Crippen molar-refractivity contribution in [1.29, 1.82) is 0 Å². The number of rotatable bonds is 5. The number of carboxylic acid groups (broad SMARTS) is 1. The highest BCUT2D eigenvalue weighted by atomic mass is 35.5. The highest BCUT2D eigenvalue weighted by molar-refractivity contribution is 6.47.